The molecule has 1 aromatic heterocycles. The summed E-state index contributed by atoms with van der Waals surface area (Å²) in [5.74, 6) is 0.919. The van der Waals surface area contributed by atoms with Gasteiger partial charge in [-0.3, -0.25) is 10.1 Å². The van der Waals surface area contributed by atoms with Gasteiger partial charge < -0.3 is 9.84 Å². The summed E-state index contributed by atoms with van der Waals surface area (Å²) in [6.45, 7) is 7.52. The third kappa shape index (κ3) is 1.95. The van der Waals surface area contributed by atoms with Crippen LogP contribution >= 0.6 is 0 Å². The van der Waals surface area contributed by atoms with E-state index in [4.69, 9.17) is 4.52 Å². The number of anilines is 1. The maximum absolute atomic E-state index is 11.9. The van der Waals surface area contributed by atoms with E-state index in [2.05, 4.69) is 15.8 Å². The van der Waals surface area contributed by atoms with Gasteiger partial charge in [-0.25, -0.2) is 0 Å². The molecular weight excluding hydrogens is 206 g/mol. The van der Waals surface area contributed by atoms with Crippen LogP contribution in [0, 0.1) is 25.7 Å². The first-order valence-corrected chi connectivity index (χ1v) is 5.54. The molecule has 0 saturated carbocycles. The van der Waals surface area contributed by atoms with E-state index in [1.165, 1.54) is 0 Å². The molecule has 16 heavy (non-hydrogen) atoms. The van der Waals surface area contributed by atoms with Crippen LogP contribution < -0.4 is 10.6 Å². The minimum atomic E-state index is 0.00532. The van der Waals surface area contributed by atoms with Gasteiger partial charge in [0.2, 0.25) is 11.8 Å². The molecule has 1 aliphatic heterocycles. The fraction of sp³-hybridized carbons (Fsp3) is 0.636. The van der Waals surface area contributed by atoms with Gasteiger partial charge in [0.25, 0.3) is 0 Å². The molecule has 1 unspecified atom stereocenters. The van der Waals surface area contributed by atoms with E-state index in [1.54, 1.807) is 0 Å². The molecule has 2 heterocycles. The lowest BCUT2D eigenvalue weighted by atomic mass is 9.88. The molecule has 1 atom stereocenters. The van der Waals surface area contributed by atoms with Gasteiger partial charge in [0.05, 0.1) is 5.69 Å². The first-order valence-electron chi connectivity index (χ1n) is 5.54. The Hall–Kier alpha value is -1.36. The van der Waals surface area contributed by atoms with Gasteiger partial charge in [0.1, 0.15) is 0 Å². The Bertz CT molecular complexity index is 396. The van der Waals surface area contributed by atoms with Gasteiger partial charge >= 0.3 is 0 Å². The lowest BCUT2D eigenvalue weighted by Gasteiger charge is -2.31. The van der Waals surface area contributed by atoms with E-state index in [1.807, 2.05) is 20.8 Å². The second-order valence-electron chi connectivity index (χ2n) is 4.42. The number of aryl methyl sites for hydroxylation is 1. The number of aromatic nitrogens is 1. The molecule has 5 nitrogen and oxygen atoms in total. The van der Waals surface area contributed by atoms with Crippen molar-refractivity contribution in [2.75, 3.05) is 18.4 Å². The van der Waals surface area contributed by atoms with E-state index in [-0.39, 0.29) is 11.8 Å². The Labute approximate surface area is 94.6 Å². The number of nitrogens with zero attached hydrogens (tertiary/aromatic N) is 1. The summed E-state index contributed by atoms with van der Waals surface area (Å²) < 4.78 is 5.05. The predicted molar refractivity (Wildman–Crippen MR) is 60.1 cm³/mol. The molecule has 1 aromatic rings. The normalized spacial score (nSPS) is 17.9. The standard InChI is InChI=1S/C11H17N3O2/c1-6-8(3)14-16-11(6)13-10(15)7(2)9-4-12-5-9/h7,9,12H,4-5H2,1-3H3,(H,13,15). The molecule has 1 saturated heterocycles. The fourth-order valence-corrected chi connectivity index (χ4v) is 1.64. The lowest BCUT2D eigenvalue weighted by molar-refractivity contribution is -0.121. The van der Waals surface area contributed by atoms with E-state index in [0.717, 1.165) is 24.3 Å². The largest absolute Gasteiger partial charge is 0.338 e. The van der Waals surface area contributed by atoms with Crippen LogP contribution in [0.3, 0.4) is 0 Å². The van der Waals surface area contributed by atoms with Gasteiger partial charge in [0, 0.05) is 11.5 Å². The molecule has 0 bridgehead atoms. The van der Waals surface area contributed by atoms with Crippen molar-refractivity contribution in [1.29, 1.82) is 0 Å². The Morgan fingerprint density at radius 2 is 2.25 bits per heavy atom. The summed E-state index contributed by atoms with van der Waals surface area (Å²) in [4.78, 5) is 11.9. The zero-order valence-electron chi connectivity index (χ0n) is 9.83. The van der Waals surface area contributed by atoms with Crippen molar-refractivity contribution in [3.63, 3.8) is 0 Å². The molecule has 88 valence electrons. The van der Waals surface area contributed by atoms with Gasteiger partial charge in [-0.05, 0) is 32.9 Å². The minimum absolute atomic E-state index is 0.00532. The first kappa shape index (κ1) is 11.1. The molecule has 2 N–H and O–H groups in total. The topological polar surface area (TPSA) is 67.2 Å². The SMILES string of the molecule is Cc1noc(NC(=O)C(C)C2CNC2)c1C. The molecule has 5 heteroatoms. The Balaban J connectivity index is 1.98. The van der Waals surface area contributed by atoms with E-state index < -0.39 is 0 Å². The maximum atomic E-state index is 11.9. The van der Waals surface area contributed by atoms with E-state index in [0.29, 0.717) is 11.8 Å². The number of rotatable bonds is 3. The number of amides is 1. The fourth-order valence-electron chi connectivity index (χ4n) is 1.64. The van der Waals surface area contributed by atoms with Crippen molar-refractivity contribution >= 4 is 11.8 Å². The highest BCUT2D eigenvalue weighted by atomic mass is 16.5. The van der Waals surface area contributed by atoms with Crippen LogP contribution in [0.25, 0.3) is 0 Å². The summed E-state index contributed by atoms with van der Waals surface area (Å²) in [5.41, 5.74) is 1.71. The second-order valence-corrected chi connectivity index (χ2v) is 4.42. The van der Waals surface area contributed by atoms with Crippen LogP contribution in [0.1, 0.15) is 18.2 Å². The maximum Gasteiger partial charge on any atom is 0.234 e. The highest BCUT2D eigenvalue weighted by molar-refractivity contribution is 5.92. The van der Waals surface area contributed by atoms with Gasteiger partial charge in [-0.1, -0.05) is 12.1 Å². The monoisotopic (exact) mass is 223 g/mol. The second kappa shape index (κ2) is 4.25. The van der Waals surface area contributed by atoms with Crippen molar-refractivity contribution in [1.82, 2.24) is 10.5 Å². The van der Waals surface area contributed by atoms with Crippen molar-refractivity contribution in [2.45, 2.75) is 20.8 Å². The predicted octanol–water partition coefficient (Wildman–Crippen LogP) is 1.09. The van der Waals surface area contributed by atoms with Crippen LogP contribution in [-0.2, 0) is 4.79 Å². The quantitative estimate of drug-likeness (QED) is 0.804. The minimum Gasteiger partial charge on any atom is -0.338 e. The van der Waals surface area contributed by atoms with Crippen LogP contribution in [0.15, 0.2) is 4.52 Å². The molecule has 1 aliphatic rings. The molecular formula is C11H17N3O2. The third-order valence-electron chi connectivity index (χ3n) is 3.33. The zero-order chi connectivity index (χ0) is 11.7. The van der Waals surface area contributed by atoms with Gasteiger partial charge in [0.15, 0.2) is 0 Å². The lowest BCUT2D eigenvalue weighted by Crippen LogP contribution is -2.48. The summed E-state index contributed by atoms with van der Waals surface area (Å²) in [6.07, 6.45) is 0. The van der Waals surface area contributed by atoms with Gasteiger partial charge in [-0.2, -0.15) is 0 Å². The Kier molecular flexibility index (Phi) is 2.96. The van der Waals surface area contributed by atoms with Crippen LogP contribution in [0.4, 0.5) is 5.88 Å². The highest BCUT2D eigenvalue weighted by Crippen LogP contribution is 2.21. The average Bonchev–Trinajstić information content (AvgIpc) is 2.47. The Morgan fingerprint density at radius 3 is 2.69 bits per heavy atom. The Morgan fingerprint density at radius 1 is 1.56 bits per heavy atom. The smallest absolute Gasteiger partial charge is 0.234 e. The molecule has 0 radical (unpaired) electrons. The average molecular weight is 223 g/mol. The number of nitrogens with one attached hydrogen (secondary N) is 2. The number of hydrogen-bond acceptors (Lipinski definition) is 4. The van der Waals surface area contributed by atoms with E-state index in [9.17, 15) is 4.79 Å². The summed E-state index contributed by atoms with van der Waals surface area (Å²) >= 11 is 0. The molecule has 0 aromatic carbocycles. The van der Waals surface area contributed by atoms with E-state index >= 15 is 0 Å². The van der Waals surface area contributed by atoms with Crippen LogP contribution in [0.5, 0.6) is 0 Å². The summed E-state index contributed by atoms with van der Waals surface area (Å²) in [7, 11) is 0. The van der Waals surface area contributed by atoms with Crippen molar-refractivity contribution in [2.24, 2.45) is 11.8 Å². The molecule has 0 spiro atoms. The molecule has 1 fully saturated rings. The van der Waals surface area contributed by atoms with Crippen LogP contribution in [-0.4, -0.2) is 24.2 Å². The van der Waals surface area contributed by atoms with Crippen LogP contribution in [0.2, 0.25) is 0 Å². The van der Waals surface area contributed by atoms with Gasteiger partial charge in [-0.15, -0.1) is 0 Å². The van der Waals surface area contributed by atoms with Crippen molar-refractivity contribution in [3.05, 3.63) is 11.3 Å². The molecule has 2 rings (SSSR count). The number of carbonyl (C=O) groups is 1. The summed E-state index contributed by atoms with van der Waals surface area (Å²) in [5, 5.41) is 9.75. The third-order valence-corrected chi connectivity index (χ3v) is 3.33. The zero-order valence-corrected chi connectivity index (χ0v) is 9.83. The van der Waals surface area contributed by atoms with Crippen molar-refractivity contribution in [3.8, 4) is 0 Å². The number of carbonyl (C=O) groups excluding carboxylic acids is 1. The summed E-state index contributed by atoms with van der Waals surface area (Å²) in [6, 6.07) is 0. The first-order chi connectivity index (χ1) is 7.59. The number of hydrogen-bond donors (Lipinski definition) is 2. The molecule has 0 aliphatic carbocycles. The van der Waals surface area contributed by atoms with Crippen molar-refractivity contribution < 1.29 is 9.32 Å². The molecule has 1 amide bonds. The highest BCUT2D eigenvalue weighted by Gasteiger charge is 2.29.